The first-order chi connectivity index (χ1) is 13.7. The fourth-order valence-corrected chi connectivity index (χ4v) is 2.80. The summed E-state index contributed by atoms with van der Waals surface area (Å²) in [5, 5.41) is 5.66. The monoisotopic (exact) mass is 381 g/mol. The number of carbonyl (C=O) groups excluding carboxylic acids is 2. The molecule has 0 spiro atoms. The van der Waals surface area contributed by atoms with E-state index in [0.717, 1.165) is 5.56 Å². The SMILES string of the molecule is COC1=CC(CNC(=O)[C@H](Cc2ccccc2)NC(=O)c2ccccc2)ON1. The fourth-order valence-electron chi connectivity index (χ4n) is 2.80. The molecule has 1 heterocycles. The van der Waals surface area contributed by atoms with Gasteiger partial charge in [-0.1, -0.05) is 48.5 Å². The van der Waals surface area contributed by atoms with Crippen LogP contribution in [0.4, 0.5) is 0 Å². The van der Waals surface area contributed by atoms with Crippen molar-refractivity contribution in [3.63, 3.8) is 0 Å². The van der Waals surface area contributed by atoms with Crippen LogP contribution in [0.2, 0.25) is 0 Å². The van der Waals surface area contributed by atoms with Crippen molar-refractivity contribution >= 4 is 11.8 Å². The molecule has 2 atom stereocenters. The largest absolute Gasteiger partial charge is 0.481 e. The molecule has 2 aromatic carbocycles. The molecule has 28 heavy (non-hydrogen) atoms. The topological polar surface area (TPSA) is 88.7 Å². The van der Waals surface area contributed by atoms with Crippen LogP contribution in [0.25, 0.3) is 0 Å². The van der Waals surface area contributed by atoms with Crippen molar-refractivity contribution in [1.82, 2.24) is 16.1 Å². The summed E-state index contributed by atoms with van der Waals surface area (Å²) in [6.45, 7) is 0.255. The highest BCUT2D eigenvalue weighted by Crippen LogP contribution is 2.08. The van der Waals surface area contributed by atoms with Gasteiger partial charge in [-0.05, 0) is 17.7 Å². The summed E-state index contributed by atoms with van der Waals surface area (Å²) in [5.74, 6) is -0.0782. The quantitative estimate of drug-likeness (QED) is 0.646. The Balaban J connectivity index is 1.65. The van der Waals surface area contributed by atoms with Crippen LogP contribution in [-0.2, 0) is 20.8 Å². The molecular formula is C21H23N3O4. The summed E-state index contributed by atoms with van der Waals surface area (Å²) in [5.41, 5.74) is 4.08. The smallest absolute Gasteiger partial charge is 0.251 e. The molecule has 0 aromatic heterocycles. The minimum absolute atomic E-state index is 0.255. The molecule has 0 aliphatic carbocycles. The van der Waals surface area contributed by atoms with Crippen molar-refractivity contribution in [2.24, 2.45) is 0 Å². The van der Waals surface area contributed by atoms with E-state index in [2.05, 4.69) is 16.1 Å². The van der Waals surface area contributed by atoms with Crippen molar-refractivity contribution in [1.29, 1.82) is 0 Å². The summed E-state index contributed by atoms with van der Waals surface area (Å²) in [6, 6.07) is 17.7. The maximum absolute atomic E-state index is 12.8. The van der Waals surface area contributed by atoms with E-state index in [1.165, 1.54) is 7.11 Å². The van der Waals surface area contributed by atoms with E-state index in [-0.39, 0.29) is 24.5 Å². The second-order valence-electron chi connectivity index (χ2n) is 6.32. The van der Waals surface area contributed by atoms with Gasteiger partial charge in [0.2, 0.25) is 11.8 Å². The fraction of sp³-hybridized carbons (Fsp3) is 0.238. The van der Waals surface area contributed by atoms with E-state index in [4.69, 9.17) is 9.57 Å². The van der Waals surface area contributed by atoms with E-state index in [9.17, 15) is 9.59 Å². The lowest BCUT2D eigenvalue weighted by Crippen LogP contribution is -2.49. The zero-order valence-electron chi connectivity index (χ0n) is 15.6. The number of rotatable bonds is 8. The number of methoxy groups -OCH3 is 1. The summed E-state index contributed by atoms with van der Waals surface area (Å²) < 4.78 is 5.03. The summed E-state index contributed by atoms with van der Waals surface area (Å²) in [4.78, 5) is 30.6. The van der Waals surface area contributed by atoms with Gasteiger partial charge >= 0.3 is 0 Å². The molecule has 0 bridgehead atoms. The van der Waals surface area contributed by atoms with Crippen molar-refractivity contribution in [2.75, 3.05) is 13.7 Å². The number of hydroxylamine groups is 1. The predicted molar refractivity (Wildman–Crippen MR) is 104 cm³/mol. The van der Waals surface area contributed by atoms with Crippen molar-refractivity contribution in [3.8, 4) is 0 Å². The zero-order valence-corrected chi connectivity index (χ0v) is 15.6. The molecule has 7 heteroatoms. The molecule has 1 aliphatic heterocycles. The van der Waals surface area contributed by atoms with Gasteiger partial charge in [-0.25, -0.2) is 5.48 Å². The normalized spacial score (nSPS) is 16.5. The number of carbonyl (C=O) groups is 2. The first-order valence-electron chi connectivity index (χ1n) is 9.00. The van der Waals surface area contributed by atoms with Gasteiger partial charge in [0.15, 0.2) is 0 Å². The Labute approximate surface area is 163 Å². The van der Waals surface area contributed by atoms with Crippen LogP contribution in [0.5, 0.6) is 0 Å². The Morgan fingerprint density at radius 1 is 1.11 bits per heavy atom. The number of ether oxygens (including phenoxy) is 1. The standard InChI is InChI=1S/C21H23N3O4/c1-27-19-13-17(28-24-19)14-22-21(26)18(12-15-8-4-2-5-9-15)23-20(25)16-10-6-3-7-11-16/h2-11,13,17-18,24H,12,14H2,1H3,(H,22,26)(H,23,25)/t17?,18-/m0/s1. The van der Waals surface area contributed by atoms with Crippen LogP contribution in [0.1, 0.15) is 15.9 Å². The number of benzene rings is 2. The molecule has 3 rings (SSSR count). The molecular weight excluding hydrogens is 358 g/mol. The third-order valence-corrected chi connectivity index (χ3v) is 4.29. The van der Waals surface area contributed by atoms with Gasteiger partial charge in [0, 0.05) is 18.1 Å². The van der Waals surface area contributed by atoms with E-state index in [1.807, 2.05) is 36.4 Å². The van der Waals surface area contributed by atoms with E-state index >= 15 is 0 Å². The Bertz CT molecular complexity index is 824. The Morgan fingerprint density at radius 3 is 2.43 bits per heavy atom. The summed E-state index contributed by atoms with van der Waals surface area (Å²) in [7, 11) is 1.53. The molecule has 0 saturated heterocycles. The average molecular weight is 381 g/mol. The van der Waals surface area contributed by atoms with E-state index in [1.54, 1.807) is 30.3 Å². The van der Waals surface area contributed by atoms with Gasteiger partial charge in [-0.15, -0.1) is 0 Å². The van der Waals surface area contributed by atoms with Gasteiger partial charge in [0.25, 0.3) is 5.91 Å². The molecule has 0 radical (unpaired) electrons. The lowest BCUT2D eigenvalue weighted by molar-refractivity contribution is -0.123. The van der Waals surface area contributed by atoms with Gasteiger partial charge in [0.1, 0.15) is 12.1 Å². The first-order valence-corrected chi connectivity index (χ1v) is 9.00. The van der Waals surface area contributed by atoms with Crippen LogP contribution in [0.15, 0.2) is 72.6 Å². The number of amides is 2. The predicted octanol–water partition coefficient (Wildman–Crippen LogP) is 1.54. The van der Waals surface area contributed by atoms with Gasteiger partial charge in [0.05, 0.1) is 13.7 Å². The van der Waals surface area contributed by atoms with Crippen molar-refractivity contribution < 1.29 is 19.2 Å². The van der Waals surface area contributed by atoms with Gasteiger partial charge < -0.3 is 15.4 Å². The van der Waals surface area contributed by atoms with E-state index < -0.39 is 6.04 Å². The molecule has 2 amide bonds. The molecule has 0 saturated carbocycles. The minimum Gasteiger partial charge on any atom is -0.481 e. The van der Waals surface area contributed by atoms with Crippen molar-refractivity contribution in [2.45, 2.75) is 18.6 Å². The third-order valence-electron chi connectivity index (χ3n) is 4.29. The number of hydrogen-bond acceptors (Lipinski definition) is 5. The molecule has 7 nitrogen and oxygen atoms in total. The lowest BCUT2D eigenvalue weighted by Gasteiger charge is -2.19. The van der Waals surface area contributed by atoms with Crippen LogP contribution in [0.3, 0.4) is 0 Å². The average Bonchev–Trinajstić information content (AvgIpc) is 3.21. The number of nitrogens with one attached hydrogen (secondary N) is 3. The highest BCUT2D eigenvalue weighted by atomic mass is 16.7. The maximum atomic E-state index is 12.8. The van der Waals surface area contributed by atoms with Crippen LogP contribution in [0, 0.1) is 0 Å². The molecule has 3 N–H and O–H groups in total. The highest BCUT2D eigenvalue weighted by Gasteiger charge is 2.24. The van der Waals surface area contributed by atoms with Crippen LogP contribution >= 0.6 is 0 Å². The highest BCUT2D eigenvalue weighted by molar-refractivity contribution is 5.97. The summed E-state index contributed by atoms with van der Waals surface area (Å²) in [6.07, 6.45) is 1.77. The minimum atomic E-state index is -0.713. The number of hydrogen-bond donors (Lipinski definition) is 3. The van der Waals surface area contributed by atoms with E-state index in [0.29, 0.717) is 17.9 Å². The summed E-state index contributed by atoms with van der Waals surface area (Å²) >= 11 is 0. The van der Waals surface area contributed by atoms with Crippen LogP contribution in [-0.4, -0.2) is 37.6 Å². The second kappa shape index (κ2) is 9.57. The second-order valence-corrected chi connectivity index (χ2v) is 6.32. The molecule has 1 unspecified atom stereocenters. The third kappa shape index (κ3) is 5.34. The van der Waals surface area contributed by atoms with Crippen molar-refractivity contribution in [3.05, 3.63) is 83.7 Å². The Kier molecular flexibility index (Phi) is 6.64. The van der Waals surface area contributed by atoms with Gasteiger partial charge in [-0.3, -0.25) is 14.4 Å². The molecule has 1 aliphatic rings. The lowest BCUT2D eigenvalue weighted by atomic mass is 10.0. The Hall–Kier alpha value is -3.32. The van der Waals surface area contributed by atoms with Gasteiger partial charge in [-0.2, -0.15) is 0 Å². The Morgan fingerprint density at radius 2 is 1.79 bits per heavy atom. The molecule has 146 valence electrons. The molecule has 0 fully saturated rings. The molecule has 2 aromatic rings. The first kappa shape index (κ1) is 19.4. The van der Waals surface area contributed by atoms with Crippen LogP contribution < -0.4 is 16.1 Å². The maximum Gasteiger partial charge on any atom is 0.251 e. The zero-order chi connectivity index (χ0) is 19.8.